The van der Waals surface area contributed by atoms with Crippen LogP contribution < -0.4 is 4.90 Å². The number of aromatic nitrogens is 1. The van der Waals surface area contributed by atoms with E-state index in [1.807, 2.05) is 23.6 Å². The lowest BCUT2D eigenvalue weighted by molar-refractivity contribution is 0.529. The smallest absolute Gasteiger partial charge is 0.185 e. The topological polar surface area (TPSA) is 50.3 Å². The van der Waals surface area contributed by atoms with E-state index in [0.29, 0.717) is 51.8 Å². The van der Waals surface area contributed by atoms with Crippen LogP contribution in [-0.2, 0) is 16.3 Å². The van der Waals surface area contributed by atoms with Crippen LogP contribution in [0.15, 0.2) is 57.2 Å². The third-order valence-electron chi connectivity index (χ3n) is 5.14. The quantitative estimate of drug-likeness (QED) is 0.380. The Balaban J connectivity index is 1.42. The summed E-state index contributed by atoms with van der Waals surface area (Å²) in [4.78, 5) is 7.30. The molecule has 3 aromatic rings. The van der Waals surface area contributed by atoms with Crippen molar-refractivity contribution in [3.8, 4) is 0 Å². The van der Waals surface area contributed by atoms with Crippen molar-refractivity contribution in [2.45, 2.75) is 29.4 Å². The average molecular weight is 546 g/mol. The van der Waals surface area contributed by atoms with Crippen LogP contribution in [0, 0.1) is 0 Å². The number of benzene rings is 2. The Morgan fingerprint density at radius 3 is 2.43 bits per heavy atom. The van der Waals surface area contributed by atoms with E-state index in [-0.39, 0.29) is 5.25 Å². The molecule has 1 aliphatic heterocycles. The molecular weight excluding hydrogens is 527 g/mol. The highest BCUT2D eigenvalue weighted by Gasteiger charge is 2.33. The normalized spacial score (nSPS) is 15.5. The standard InChI is InChI=1S/C21H19BrCl2N2O2S2/c22-19-3-1-2-4-20(19)30(27,28)18-5-7-26(8-6-18)21-25-17(13-29-21)11-14-9-15(23)12-16(24)10-14/h1-4,9-10,12-13,18H,5-8,11H2. The summed E-state index contributed by atoms with van der Waals surface area (Å²) in [5, 5.41) is 3.81. The number of sulfone groups is 1. The number of anilines is 1. The summed E-state index contributed by atoms with van der Waals surface area (Å²) in [6.45, 7) is 1.34. The number of piperidine rings is 1. The van der Waals surface area contributed by atoms with Gasteiger partial charge >= 0.3 is 0 Å². The summed E-state index contributed by atoms with van der Waals surface area (Å²) in [5.74, 6) is 0. The number of rotatable bonds is 5. The van der Waals surface area contributed by atoms with Gasteiger partial charge in [0.1, 0.15) is 0 Å². The fourth-order valence-electron chi connectivity index (χ4n) is 3.66. The van der Waals surface area contributed by atoms with Gasteiger partial charge in [-0.25, -0.2) is 13.4 Å². The minimum Gasteiger partial charge on any atom is -0.348 e. The zero-order valence-corrected chi connectivity index (χ0v) is 20.6. The van der Waals surface area contributed by atoms with Gasteiger partial charge in [-0.15, -0.1) is 11.3 Å². The number of hydrogen-bond donors (Lipinski definition) is 0. The van der Waals surface area contributed by atoms with Crippen LogP contribution in [0.25, 0.3) is 0 Å². The highest BCUT2D eigenvalue weighted by Crippen LogP contribution is 2.32. The van der Waals surface area contributed by atoms with Crippen molar-refractivity contribution in [2.24, 2.45) is 0 Å². The molecule has 0 saturated carbocycles. The number of nitrogens with zero attached hydrogens (tertiary/aromatic N) is 2. The molecule has 4 nitrogen and oxygen atoms in total. The highest BCUT2D eigenvalue weighted by atomic mass is 79.9. The Morgan fingerprint density at radius 1 is 1.10 bits per heavy atom. The van der Waals surface area contributed by atoms with Gasteiger partial charge in [-0.2, -0.15) is 0 Å². The summed E-state index contributed by atoms with van der Waals surface area (Å²) in [6.07, 6.45) is 1.83. The van der Waals surface area contributed by atoms with Crippen LogP contribution in [0.1, 0.15) is 24.1 Å². The lowest BCUT2D eigenvalue weighted by atomic mass is 10.1. The van der Waals surface area contributed by atoms with Crippen molar-refractivity contribution in [3.63, 3.8) is 0 Å². The summed E-state index contributed by atoms with van der Waals surface area (Å²) < 4.78 is 26.7. The SMILES string of the molecule is O=S(=O)(c1ccccc1Br)C1CCN(c2nc(Cc3cc(Cl)cc(Cl)c3)cs2)CC1. The van der Waals surface area contributed by atoms with Crippen molar-refractivity contribution >= 4 is 65.4 Å². The van der Waals surface area contributed by atoms with E-state index >= 15 is 0 Å². The molecule has 1 fully saturated rings. The molecule has 0 bridgehead atoms. The van der Waals surface area contributed by atoms with E-state index < -0.39 is 9.84 Å². The Labute approximate surface area is 198 Å². The molecule has 1 aromatic heterocycles. The van der Waals surface area contributed by atoms with Crippen molar-refractivity contribution in [2.75, 3.05) is 18.0 Å². The molecule has 1 saturated heterocycles. The van der Waals surface area contributed by atoms with E-state index in [0.717, 1.165) is 16.4 Å². The van der Waals surface area contributed by atoms with Gasteiger partial charge in [0.15, 0.2) is 15.0 Å². The molecular formula is C21H19BrCl2N2O2S2. The van der Waals surface area contributed by atoms with Crippen LogP contribution in [0.3, 0.4) is 0 Å². The lowest BCUT2D eigenvalue weighted by Crippen LogP contribution is -2.39. The van der Waals surface area contributed by atoms with Gasteiger partial charge in [-0.3, -0.25) is 0 Å². The molecule has 0 radical (unpaired) electrons. The first kappa shape index (κ1) is 22.1. The largest absolute Gasteiger partial charge is 0.348 e. The maximum Gasteiger partial charge on any atom is 0.185 e. The fourth-order valence-corrected chi connectivity index (χ4v) is 7.87. The predicted molar refractivity (Wildman–Crippen MR) is 128 cm³/mol. The van der Waals surface area contributed by atoms with E-state index in [2.05, 4.69) is 20.8 Å². The van der Waals surface area contributed by atoms with Crippen molar-refractivity contribution < 1.29 is 8.42 Å². The van der Waals surface area contributed by atoms with Gasteiger partial charge < -0.3 is 4.90 Å². The van der Waals surface area contributed by atoms with Crippen LogP contribution in [-0.4, -0.2) is 31.7 Å². The molecule has 2 aromatic carbocycles. The second-order valence-corrected chi connectivity index (χ2v) is 12.0. The maximum atomic E-state index is 13.0. The molecule has 0 aliphatic carbocycles. The molecule has 0 unspecified atom stereocenters. The van der Waals surface area contributed by atoms with E-state index in [9.17, 15) is 8.42 Å². The second-order valence-electron chi connectivity index (χ2n) is 7.24. The van der Waals surface area contributed by atoms with E-state index in [1.165, 1.54) is 0 Å². The summed E-state index contributed by atoms with van der Waals surface area (Å²) >= 11 is 17.1. The van der Waals surface area contributed by atoms with Crippen molar-refractivity contribution in [1.29, 1.82) is 0 Å². The van der Waals surface area contributed by atoms with Gasteiger partial charge in [0.2, 0.25) is 0 Å². The summed E-state index contributed by atoms with van der Waals surface area (Å²) in [5.41, 5.74) is 1.97. The molecule has 4 rings (SSSR count). The Kier molecular flexibility index (Phi) is 6.75. The predicted octanol–water partition coefficient (Wildman–Crippen LogP) is 6.25. The number of thiazole rings is 1. The zero-order valence-electron chi connectivity index (χ0n) is 15.9. The molecule has 0 N–H and O–H groups in total. The van der Waals surface area contributed by atoms with Gasteiger partial charge in [0, 0.05) is 39.4 Å². The summed E-state index contributed by atoms with van der Waals surface area (Å²) in [7, 11) is -3.36. The van der Waals surface area contributed by atoms with Gasteiger partial charge in [-0.1, -0.05) is 35.3 Å². The lowest BCUT2D eigenvalue weighted by Gasteiger charge is -2.31. The number of hydrogen-bond acceptors (Lipinski definition) is 5. The molecule has 0 spiro atoms. The minimum atomic E-state index is -3.36. The van der Waals surface area contributed by atoms with Crippen LogP contribution in [0.4, 0.5) is 5.13 Å². The van der Waals surface area contributed by atoms with E-state index in [4.69, 9.17) is 28.2 Å². The monoisotopic (exact) mass is 544 g/mol. The Morgan fingerprint density at radius 2 is 1.77 bits per heavy atom. The molecule has 1 aliphatic rings. The van der Waals surface area contributed by atoms with Crippen molar-refractivity contribution in [1.82, 2.24) is 4.98 Å². The Hall–Kier alpha value is -1.12. The molecule has 0 amide bonds. The fraction of sp³-hybridized carbons (Fsp3) is 0.286. The third kappa shape index (κ3) is 4.86. The van der Waals surface area contributed by atoms with Crippen molar-refractivity contribution in [3.05, 3.63) is 73.6 Å². The molecule has 30 heavy (non-hydrogen) atoms. The average Bonchev–Trinajstić information content (AvgIpc) is 3.16. The van der Waals surface area contributed by atoms with Crippen LogP contribution in [0.2, 0.25) is 10.0 Å². The molecule has 158 valence electrons. The van der Waals surface area contributed by atoms with Gasteiger partial charge in [0.25, 0.3) is 0 Å². The first-order chi connectivity index (χ1) is 14.3. The number of halogens is 3. The molecule has 0 atom stereocenters. The first-order valence-electron chi connectivity index (χ1n) is 9.45. The molecule has 2 heterocycles. The van der Waals surface area contributed by atoms with Gasteiger partial charge in [-0.05, 0) is 64.7 Å². The first-order valence-corrected chi connectivity index (χ1v) is 13.4. The minimum absolute atomic E-state index is 0.375. The Bertz CT molecular complexity index is 1140. The maximum absolute atomic E-state index is 13.0. The third-order valence-corrected chi connectivity index (χ3v) is 9.80. The van der Waals surface area contributed by atoms with Gasteiger partial charge in [0.05, 0.1) is 15.8 Å². The van der Waals surface area contributed by atoms with Crippen LogP contribution >= 0.6 is 50.5 Å². The zero-order chi connectivity index (χ0) is 21.3. The summed E-state index contributed by atoms with van der Waals surface area (Å²) in [6, 6.07) is 12.5. The molecule has 9 heteroatoms. The second kappa shape index (κ2) is 9.17. The van der Waals surface area contributed by atoms with E-state index in [1.54, 1.807) is 35.6 Å². The highest BCUT2D eigenvalue weighted by molar-refractivity contribution is 9.10. The van der Waals surface area contributed by atoms with Crippen LogP contribution in [0.5, 0.6) is 0 Å².